The minimum absolute atomic E-state index is 0.0476. The minimum Gasteiger partial charge on any atom is -0.318 e. The predicted octanol–water partition coefficient (Wildman–Crippen LogP) is 1.31. The van der Waals surface area contributed by atoms with E-state index in [9.17, 15) is 8.42 Å². The van der Waals surface area contributed by atoms with Gasteiger partial charge in [-0.05, 0) is 33.0 Å². The van der Waals surface area contributed by atoms with Crippen LogP contribution in [0.15, 0.2) is 35.2 Å². The zero-order chi connectivity index (χ0) is 12.9. The van der Waals surface area contributed by atoms with Crippen molar-refractivity contribution in [3.05, 3.63) is 30.3 Å². The Morgan fingerprint density at radius 1 is 1.24 bits per heavy atom. The van der Waals surface area contributed by atoms with Crippen molar-refractivity contribution in [1.82, 2.24) is 9.62 Å². The number of hydrogen-bond donors (Lipinski definition) is 1. The van der Waals surface area contributed by atoms with E-state index in [0.717, 1.165) is 0 Å². The lowest BCUT2D eigenvalue weighted by Gasteiger charge is -2.25. The number of sulfonamides is 1. The van der Waals surface area contributed by atoms with Gasteiger partial charge in [0.15, 0.2) is 0 Å². The van der Waals surface area contributed by atoms with Crippen LogP contribution in [-0.4, -0.2) is 38.9 Å². The van der Waals surface area contributed by atoms with Crippen molar-refractivity contribution in [3.8, 4) is 0 Å². The number of benzene rings is 1. The van der Waals surface area contributed by atoms with E-state index in [4.69, 9.17) is 0 Å². The van der Waals surface area contributed by atoms with Gasteiger partial charge in [-0.25, -0.2) is 8.42 Å². The molecule has 0 bridgehead atoms. The van der Waals surface area contributed by atoms with Crippen molar-refractivity contribution in [2.24, 2.45) is 0 Å². The molecule has 0 spiro atoms. The van der Waals surface area contributed by atoms with Crippen molar-refractivity contribution in [3.63, 3.8) is 0 Å². The molecule has 96 valence electrons. The van der Waals surface area contributed by atoms with Gasteiger partial charge in [0.05, 0.1) is 4.90 Å². The molecule has 0 aliphatic heterocycles. The Morgan fingerprint density at radius 3 is 2.29 bits per heavy atom. The Hall–Kier alpha value is -0.910. The van der Waals surface area contributed by atoms with Crippen LogP contribution in [0.4, 0.5) is 0 Å². The molecule has 0 aliphatic carbocycles. The molecule has 0 aliphatic rings. The van der Waals surface area contributed by atoms with Crippen molar-refractivity contribution < 1.29 is 8.42 Å². The van der Waals surface area contributed by atoms with E-state index < -0.39 is 10.0 Å². The zero-order valence-electron chi connectivity index (χ0n) is 10.6. The highest BCUT2D eigenvalue weighted by atomic mass is 32.2. The first-order valence-corrected chi connectivity index (χ1v) is 7.15. The molecule has 4 nitrogen and oxygen atoms in total. The molecule has 0 radical (unpaired) electrons. The molecule has 1 aromatic carbocycles. The van der Waals surface area contributed by atoms with E-state index in [1.165, 1.54) is 4.31 Å². The summed E-state index contributed by atoms with van der Waals surface area (Å²) in [6.45, 7) is 4.89. The Labute approximate surface area is 104 Å². The largest absolute Gasteiger partial charge is 0.318 e. The minimum atomic E-state index is -3.38. The second-order valence-corrected chi connectivity index (χ2v) is 6.02. The lowest BCUT2D eigenvalue weighted by Crippen LogP contribution is -2.40. The van der Waals surface area contributed by atoms with E-state index >= 15 is 0 Å². The molecule has 0 unspecified atom stereocenters. The number of nitrogens with one attached hydrogen (secondary N) is 1. The molecule has 17 heavy (non-hydrogen) atoms. The molecule has 0 atom stereocenters. The fourth-order valence-corrected chi connectivity index (χ4v) is 3.26. The van der Waals surface area contributed by atoms with Gasteiger partial charge in [-0.3, -0.25) is 0 Å². The lowest BCUT2D eigenvalue weighted by atomic mass is 10.4. The molecule has 0 amide bonds. The average molecular weight is 256 g/mol. The van der Waals surface area contributed by atoms with Crippen LogP contribution >= 0.6 is 0 Å². The van der Waals surface area contributed by atoms with E-state index in [0.29, 0.717) is 18.0 Å². The first-order chi connectivity index (χ1) is 8.00. The number of nitrogens with zero attached hydrogens (tertiary/aromatic N) is 1. The van der Waals surface area contributed by atoms with Crippen LogP contribution in [0.3, 0.4) is 0 Å². The standard InChI is InChI=1S/C12H20N2O2S/c1-11(2)14(10-9-13-3)17(15,16)12-7-5-4-6-8-12/h4-8,11,13H,9-10H2,1-3H3. The summed E-state index contributed by atoms with van der Waals surface area (Å²) >= 11 is 0. The SMILES string of the molecule is CNCCN(C(C)C)S(=O)(=O)c1ccccc1. The van der Waals surface area contributed by atoms with Crippen molar-refractivity contribution in [2.75, 3.05) is 20.1 Å². The maximum atomic E-state index is 12.4. The van der Waals surface area contributed by atoms with E-state index in [-0.39, 0.29) is 6.04 Å². The molecule has 1 rings (SSSR count). The Kier molecular flexibility index (Phi) is 5.11. The highest BCUT2D eigenvalue weighted by Crippen LogP contribution is 2.17. The van der Waals surface area contributed by atoms with Crippen LogP contribution in [0.5, 0.6) is 0 Å². The van der Waals surface area contributed by atoms with Crippen LogP contribution in [-0.2, 0) is 10.0 Å². The summed E-state index contributed by atoms with van der Waals surface area (Å²) in [6.07, 6.45) is 0. The van der Waals surface area contributed by atoms with Crippen molar-refractivity contribution in [2.45, 2.75) is 24.8 Å². The summed E-state index contributed by atoms with van der Waals surface area (Å²) in [5, 5.41) is 2.97. The predicted molar refractivity (Wildman–Crippen MR) is 69.4 cm³/mol. The molecule has 5 heteroatoms. The second-order valence-electron chi connectivity index (χ2n) is 4.13. The summed E-state index contributed by atoms with van der Waals surface area (Å²) in [5.41, 5.74) is 0. The first-order valence-electron chi connectivity index (χ1n) is 5.71. The van der Waals surface area contributed by atoms with E-state index in [1.54, 1.807) is 24.3 Å². The molecule has 0 fully saturated rings. The summed E-state index contributed by atoms with van der Waals surface area (Å²) in [5.74, 6) is 0. The maximum Gasteiger partial charge on any atom is 0.243 e. The quantitative estimate of drug-likeness (QED) is 0.835. The van der Waals surface area contributed by atoms with Gasteiger partial charge >= 0.3 is 0 Å². The van der Waals surface area contributed by atoms with E-state index in [1.807, 2.05) is 27.0 Å². The summed E-state index contributed by atoms with van der Waals surface area (Å²) in [6, 6.07) is 8.50. The second kappa shape index (κ2) is 6.14. The highest BCUT2D eigenvalue weighted by Gasteiger charge is 2.25. The average Bonchev–Trinajstić information content (AvgIpc) is 2.30. The highest BCUT2D eigenvalue weighted by molar-refractivity contribution is 7.89. The first kappa shape index (κ1) is 14.2. The fourth-order valence-electron chi connectivity index (χ4n) is 1.61. The van der Waals surface area contributed by atoms with Gasteiger partial charge in [-0.2, -0.15) is 4.31 Å². The molecule has 0 saturated carbocycles. The van der Waals surface area contributed by atoms with Crippen molar-refractivity contribution >= 4 is 10.0 Å². The lowest BCUT2D eigenvalue weighted by molar-refractivity contribution is 0.354. The number of hydrogen-bond acceptors (Lipinski definition) is 3. The van der Waals surface area contributed by atoms with Crippen molar-refractivity contribution in [1.29, 1.82) is 0 Å². The van der Waals surface area contributed by atoms with Crippen LogP contribution in [0.2, 0.25) is 0 Å². The van der Waals surface area contributed by atoms with Gasteiger partial charge in [0.2, 0.25) is 10.0 Å². The summed E-state index contributed by atoms with van der Waals surface area (Å²) in [7, 11) is -1.57. The third-order valence-corrected chi connectivity index (χ3v) is 4.60. The maximum absolute atomic E-state index is 12.4. The zero-order valence-corrected chi connectivity index (χ0v) is 11.4. The third-order valence-electron chi connectivity index (χ3n) is 2.51. The fraction of sp³-hybridized carbons (Fsp3) is 0.500. The Morgan fingerprint density at radius 2 is 1.82 bits per heavy atom. The molecular weight excluding hydrogens is 236 g/mol. The Bertz CT molecular complexity index is 429. The molecule has 0 heterocycles. The summed E-state index contributed by atoms with van der Waals surface area (Å²) in [4.78, 5) is 0.352. The third kappa shape index (κ3) is 3.52. The van der Waals surface area contributed by atoms with Gasteiger partial charge in [0.25, 0.3) is 0 Å². The van der Waals surface area contributed by atoms with Gasteiger partial charge < -0.3 is 5.32 Å². The van der Waals surface area contributed by atoms with Crippen LogP contribution in [0.25, 0.3) is 0 Å². The van der Waals surface area contributed by atoms with Gasteiger partial charge in [-0.15, -0.1) is 0 Å². The van der Waals surface area contributed by atoms with E-state index in [2.05, 4.69) is 5.32 Å². The normalized spacial score (nSPS) is 12.3. The Balaban J connectivity index is 3.01. The van der Waals surface area contributed by atoms with Crippen LogP contribution in [0.1, 0.15) is 13.8 Å². The monoisotopic (exact) mass is 256 g/mol. The molecule has 1 N–H and O–H groups in total. The van der Waals surface area contributed by atoms with Crippen LogP contribution in [0, 0.1) is 0 Å². The van der Waals surface area contributed by atoms with Crippen LogP contribution < -0.4 is 5.32 Å². The molecule has 0 aromatic heterocycles. The topological polar surface area (TPSA) is 49.4 Å². The molecule has 1 aromatic rings. The molecule has 0 saturated heterocycles. The smallest absolute Gasteiger partial charge is 0.243 e. The van der Waals surface area contributed by atoms with Gasteiger partial charge in [-0.1, -0.05) is 18.2 Å². The van der Waals surface area contributed by atoms with Gasteiger partial charge in [0.1, 0.15) is 0 Å². The molecular formula is C12H20N2O2S. The van der Waals surface area contributed by atoms with Gasteiger partial charge in [0, 0.05) is 19.1 Å². The summed E-state index contributed by atoms with van der Waals surface area (Å²) < 4.78 is 26.3. The number of likely N-dealkylation sites (N-methyl/N-ethyl adjacent to an activating group) is 1. The number of rotatable bonds is 6.